The van der Waals surface area contributed by atoms with Crippen LogP contribution in [0.5, 0.6) is 0 Å². The predicted molar refractivity (Wildman–Crippen MR) is 33.2 cm³/mol. The van der Waals surface area contributed by atoms with Gasteiger partial charge in [0.05, 0.1) is 5.72 Å². The van der Waals surface area contributed by atoms with E-state index in [9.17, 15) is 0 Å². The molecule has 0 aromatic heterocycles. The quantitative estimate of drug-likeness (QED) is 0.403. The van der Waals surface area contributed by atoms with Gasteiger partial charge in [-0.05, 0) is 20.9 Å². The Morgan fingerprint density at radius 3 is 1.88 bits per heavy atom. The van der Waals surface area contributed by atoms with Gasteiger partial charge in [0.15, 0.2) is 0 Å². The lowest BCUT2D eigenvalue weighted by atomic mass is 10.3. The van der Waals surface area contributed by atoms with E-state index in [1.54, 1.807) is 14.2 Å². The van der Waals surface area contributed by atoms with Crippen LogP contribution in [0.25, 0.3) is 5.84 Å². The first-order valence-electron chi connectivity index (χ1n) is 2.51. The Morgan fingerprint density at radius 2 is 1.88 bits per heavy atom. The van der Waals surface area contributed by atoms with E-state index in [2.05, 4.69) is 0 Å². The van der Waals surface area contributed by atoms with Crippen LogP contribution < -0.4 is 0 Å². The maximum absolute atomic E-state index is 7.09. The molecule has 1 N–H and O–H groups in total. The lowest BCUT2D eigenvalue weighted by Crippen LogP contribution is -2.37. The highest BCUT2D eigenvalue weighted by Gasteiger charge is 2.13. The van der Waals surface area contributed by atoms with Crippen LogP contribution in [-0.4, -0.2) is 24.9 Å². The standard InChI is InChI=1S/C5H13N2O/c1-5(2,8-4)7(3)6/h6H,1-4H3/q-1. The van der Waals surface area contributed by atoms with E-state index in [1.807, 2.05) is 13.8 Å². The Morgan fingerprint density at radius 1 is 1.50 bits per heavy atom. The fraction of sp³-hybridized carbons (Fsp3) is 1.00. The highest BCUT2D eigenvalue weighted by atomic mass is 16.5. The van der Waals surface area contributed by atoms with Crippen LogP contribution in [0, 0.1) is 0 Å². The van der Waals surface area contributed by atoms with Crippen LogP contribution in [-0.2, 0) is 4.74 Å². The summed E-state index contributed by atoms with van der Waals surface area (Å²) in [4.78, 5) is 0. The van der Waals surface area contributed by atoms with Crippen LogP contribution >= 0.6 is 0 Å². The van der Waals surface area contributed by atoms with E-state index in [0.717, 1.165) is 0 Å². The minimum atomic E-state index is -0.458. The van der Waals surface area contributed by atoms with Crippen molar-refractivity contribution in [2.24, 2.45) is 0 Å². The summed E-state index contributed by atoms with van der Waals surface area (Å²) in [6.45, 7) is 3.67. The van der Waals surface area contributed by atoms with Gasteiger partial charge in [-0.15, -0.1) is 0 Å². The molecule has 0 spiro atoms. The van der Waals surface area contributed by atoms with Gasteiger partial charge in [-0.3, -0.25) is 0 Å². The molecule has 8 heavy (non-hydrogen) atoms. The second-order valence-electron chi connectivity index (χ2n) is 2.21. The molecule has 0 atom stereocenters. The minimum Gasteiger partial charge on any atom is -0.608 e. The summed E-state index contributed by atoms with van der Waals surface area (Å²) in [5.41, 5.74) is -0.458. The lowest BCUT2D eigenvalue weighted by Gasteiger charge is -2.38. The molecule has 0 saturated heterocycles. The Hall–Kier alpha value is -0.120. The lowest BCUT2D eigenvalue weighted by molar-refractivity contribution is -0.0732. The summed E-state index contributed by atoms with van der Waals surface area (Å²) in [7, 11) is 3.24. The molecular weight excluding hydrogens is 104 g/mol. The van der Waals surface area contributed by atoms with E-state index >= 15 is 0 Å². The topological polar surface area (TPSA) is 36.3 Å². The maximum atomic E-state index is 7.09. The first-order valence-corrected chi connectivity index (χ1v) is 2.51. The van der Waals surface area contributed by atoms with Crippen LogP contribution in [0.4, 0.5) is 0 Å². The van der Waals surface area contributed by atoms with Gasteiger partial charge in [0.1, 0.15) is 0 Å². The van der Waals surface area contributed by atoms with Gasteiger partial charge in [0, 0.05) is 7.11 Å². The smallest absolute Gasteiger partial charge is 0.0985 e. The summed E-state index contributed by atoms with van der Waals surface area (Å²) in [5.74, 6) is 7.09. The molecule has 0 aromatic rings. The summed E-state index contributed by atoms with van der Waals surface area (Å²) in [5, 5.41) is 1.27. The molecule has 0 aliphatic carbocycles. The molecule has 0 aliphatic heterocycles. The third-order valence-electron chi connectivity index (χ3n) is 1.31. The van der Waals surface area contributed by atoms with Crippen molar-refractivity contribution < 1.29 is 4.74 Å². The molecule has 0 radical (unpaired) electrons. The van der Waals surface area contributed by atoms with Crippen molar-refractivity contribution in [2.45, 2.75) is 19.6 Å². The molecule has 50 valence electrons. The van der Waals surface area contributed by atoms with Gasteiger partial charge in [-0.2, -0.15) is 0 Å². The predicted octanol–water partition coefficient (Wildman–Crippen LogP) is 1.27. The van der Waals surface area contributed by atoms with Gasteiger partial charge < -0.3 is 15.6 Å². The van der Waals surface area contributed by atoms with Crippen LogP contribution in [0.2, 0.25) is 0 Å². The largest absolute Gasteiger partial charge is 0.608 e. The molecule has 0 fully saturated rings. The number of rotatable bonds is 2. The SMILES string of the molecule is COC(C)(C)N(C)[NH-]. The van der Waals surface area contributed by atoms with E-state index in [-0.39, 0.29) is 0 Å². The summed E-state index contributed by atoms with van der Waals surface area (Å²) < 4.78 is 4.94. The minimum absolute atomic E-state index is 0.458. The van der Waals surface area contributed by atoms with E-state index < -0.39 is 5.72 Å². The first kappa shape index (κ1) is 7.88. The van der Waals surface area contributed by atoms with Crippen LogP contribution in [0.15, 0.2) is 0 Å². The molecule has 0 saturated carbocycles. The van der Waals surface area contributed by atoms with Crippen molar-refractivity contribution >= 4 is 0 Å². The molecule has 0 aromatic carbocycles. The number of hydrogen-bond donors (Lipinski definition) is 0. The Bertz CT molecular complexity index is 70.8. The monoisotopic (exact) mass is 117 g/mol. The summed E-state index contributed by atoms with van der Waals surface area (Å²) in [6, 6.07) is 0. The fourth-order valence-corrected chi connectivity index (χ4v) is 0.137. The zero-order valence-corrected chi connectivity index (χ0v) is 5.86. The fourth-order valence-electron chi connectivity index (χ4n) is 0.137. The molecule has 0 rings (SSSR count). The molecule has 0 bridgehead atoms. The van der Waals surface area contributed by atoms with E-state index in [1.165, 1.54) is 5.01 Å². The van der Waals surface area contributed by atoms with Crippen molar-refractivity contribution in [1.82, 2.24) is 5.01 Å². The van der Waals surface area contributed by atoms with Gasteiger partial charge >= 0.3 is 0 Å². The van der Waals surface area contributed by atoms with Crippen molar-refractivity contribution in [1.29, 1.82) is 0 Å². The van der Waals surface area contributed by atoms with Gasteiger partial charge in [-0.25, -0.2) is 0 Å². The normalized spacial score (nSPS) is 12.8. The second-order valence-corrected chi connectivity index (χ2v) is 2.21. The molecule has 0 aliphatic rings. The molecular formula is C5H13N2O-. The van der Waals surface area contributed by atoms with Gasteiger partial charge in [0.2, 0.25) is 0 Å². The van der Waals surface area contributed by atoms with Crippen molar-refractivity contribution in [3.8, 4) is 0 Å². The molecule has 0 unspecified atom stereocenters. The first-order chi connectivity index (χ1) is 3.50. The molecule has 0 amide bonds. The van der Waals surface area contributed by atoms with Crippen molar-refractivity contribution in [3.05, 3.63) is 5.84 Å². The van der Waals surface area contributed by atoms with Crippen LogP contribution in [0.1, 0.15) is 13.8 Å². The van der Waals surface area contributed by atoms with Crippen molar-refractivity contribution in [3.63, 3.8) is 0 Å². The number of methoxy groups -OCH3 is 1. The highest BCUT2D eigenvalue weighted by molar-refractivity contribution is 4.66. The third-order valence-corrected chi connectivity index (χ3v) is 1.31. The summed E-state index contributed by atoms with van der Waals surface area (Å²) in [6.07, 6.45) is 0. The second kappa shape index (κ2) is 2.44. The van der Waals surface area contributed by atoms with Crippen LogP contribution in [0.3, 0.4) is 0 Å². The van der Waals surface area contributed by atoms with Gasteiger partial charge in [0.25, 0.3) is 0 Å². The average molecular weight is 117 g/mol. The summed E-state index contributed by atoms with van der Waals surface area (Å²) >= 11 is 0. The van der Waals surface area contributed by atoms with Gasteiger partial charge in [-0.1, -0.05) is 0 Å². The molecule has 0 heterocycles. The Balaban J connectivity index is 3.71. The Labute approximate surface area is 50.4 Å². The highest BCUT2D eigenvalue weighted by Crippen LogP contribution is 2.10. The van der Waals surface area contributed by atoms with E-state index in [4.69, 9.17) is 10.6 Å². The van der Waals surface area contributed by atoms with Crippen molar-refractivity contribution in [2.75, 3.05) is 14.2 Å². The zero-order valence-electron chi connectivity index (χ0n) is 5.86. The molecule has 3 heteroatoms. The number of nitrogens with zero attached hydrogens (tertiary/aromatic N) is 1. The Kier molecular flexibility index (Phi) is 2.40. The average Bonchev–Trinajstić information content (AvgIpc) is 1.67. The van der Waals surface area contributed by atoms with E-state index in [0.29, 0.717) is 0 Å². The number of ether oxygens (including phenoxy) is 1. The third kappa shape index (κ3) is 1.78. The zero-order chi connectivity index (χ0) is 6.78. The number of hydrogen-bond acceptors (Lipinski definition) is 2. The maximum Gasteiger partial charge on any atom is 0.0985 e. The molecule has 3 nitrogen and oxygen atoms in total. The number of nitrogens with one attached hydrogen (secondary N) is 1.